The van der Waals surface area contributed by atoms with E-state index in [1.807, 2.05) is 0 Å². The average Bonchev–Trinajstić information content (AvgIpc) is 3.49. The van der Waals surface area contributed by atoms with Crippen LogP contribution in [-0.2, 0) is 16.1 Å². The van der Waals surface area contributed by atoms with Gasteiger partial charge in [0.1, 0.15) is 6.04 Å². The first-order chi connectivity index (χ1) is 15.0. The van der Waals surface area contributed by atoms with Gasteiger partial charge in [-0.15, -0.1) is 11.3 Å². The Bertz CT molecular complexity index is 1090. The zero-order valence-electron chi connectivity index (χ0n) is 16.6. The number of fused-ring (bicyclic) bond motifs is 1. The summed E-state index contributed by atoms with van der Waals surface area (Å²) in [6.45, 7) is 2.27. The van der Waals surface area contributed by atoms with Gasteiger partial charge in [-0.2, -0.15) is 0 Å². The number of rotatable bonds is 5. The summed E-state index contributed by atoms with van der Waals surface area (Å²) >= 11 is 1.52. The van der Waals surface area contributed by atoms with Crippen LogP contribution in [0.3, 0.4) is 0 Å². The summed E-state index contributed by atoms with van der Waals surface area (Å²) in [4.78, 5) is 55.4. The molecule has 0 spiro atoms. The second kappa shape index (κ2) is 7.86. The maximum Gasteiger partial charge on any atom is 0.262 e. The predicted octanol–water partition coefficient (Wildman–Crippen LogP) is 1.23. The normalized spacial score (nSPS) is 23.3. The summed E-state index contributed by atoms with van der Waals surface area (Å²) < 4.78 is 0. The van der Waals surface area contributed by atoms with Crippen molar-refractivity contribution in [2.45, 2.75) is 37.8 Å². The molecule has 3 N–H and O–H groups in total. The molecule has 0 radical (unpaired) electrons. The van der Waals surface area contributed by atoms with E-state index in [0.717, 1.165) is 35.2 Å². The van der Waals surface area contributed by atoms with Gasteiger partial charge in [-0.3, -0.25) is 29.4 Å². The van der Waals surface area contributed by atoms with E-state index in [1.165, 1.54) is 11.3 Å². The SMILES string of the molecule is O=C1CCC(N2C(=O)c3cccc(CNc4nc([C@H]5CCNC5)cs4)c3C2=O)C(=O)N1. The number of anilines is 1. The van der Waals surface area contributed by atoms with E-state index in [1.54, 1.807) is 18.2 Å². The minimum absolute atomic E-state index is 0.0983. The van der Waals surface area contributed by atoms with Gasteiger partial charge in [0.2, 0.25) is 11.8 Å². The van der Waals surface area contributed by atoms with Crippen LogP contribution in [0.25, 0.3) is 0 Å². The highest BCUT2D eigenvalue weighted by molar-refractivity contribution is 7.13. The number of amides is 4. The third-order valence-corrected chi connectivity index (χ3v) is 6.80. The number of carbonyl (C=O) groups excluding carboxylic acids is 4. The molecule has 0 aliphatic carbocycles. The summed E-state index contributed by atoms with van der Waals surface area (Å²) in [6.07, 6.45) is 1.31. The van der Waals surface area contributed by atoms with Crippen LogP contribution in [0.2, 0.25) is 0 Å². The van der Waals surface area contributed by atoms with Gasteiger partial charge in [-0.1, -0.05) is 12.1 Å². The highest BCUT2D eigenvalue weighted by Gasteiger charge is 2.45. The number of nitrogens with one attached hydrogen (secondary N) is 3. The topological polar surface area (TPSA) is 120 Å². The molecule has 0 bridgehead atoms. The standard InChI is InChI=1S/C21H21N5O4S/c27-16-5-4-15(18(28)25-16)26-19(29)13-3-1-2-12(17(13)20(26)30)9-23-21-24-14(10-31-21)11-6-7-22-8-11/h1-3,10-11,15,22H,4-9H2,(H,23,24)(H,25,27,28)/t11-,15?/m0/s1. The Kier molecular flexibility index (Phi) is 5.03. The Hall–Kier alpha value is -3.11. The molecule has 3 aliphatic heterocycles. The van der Waals surface area contributed by atoms with E-state index < -0.39 is 23.8 Å². The summed E-state index contributed by atoms with van der Waals surface area (Å²) in [6, 6.07) is 4.15. The van der Waals surface area contributed by atoms with E-state index in [0.29, 0.717) is 23.6 Å². The van der Waals surface area contributed by atoms with Gasteiger partial charge in [0.25, 0.3) is 11.8 Å². The molecule has 4 amide bonds. The Morgan fingerprint density at radius 1 is 1.16 bits per heavy atom. The highest BCUT2D eigenvalue weighted by atomic mass is 32.1. The van der Waals surface area contributed by atoms with Crippen molar-refractivity contribution in [2.75, 3.05) is 18.4 Å². The van der Waals surface area contributed by atoms with E-state index in [-0.39, 0.29) is 24.3 Å². The summed E-state index contributed by atoms with van der Waals surface area (Å²) in [5.41, 5.74) is 2.32. The van der Waals surface area contributed by atoms with E-state index in [4.69, 9.17) is 0 Å². The van der Waals surface area contributed by atoms with Crippen LogP contribution in [0.15, 0.2) is 23.6 Å². The molecule has 0 saturated carbocycles. The molecule has 1 aromatic carbocycles. The van der Waals surface area contributed by atoms with Gasteiger partial charge in [0.15, 0.2) is 5.13 Å². The highest BCUT2D eigenvalue weighted by Crippen LogP contribution is 2.31. The Morgan fingerprint density at radius 3 is 2.81 bits per heavy atom. The number of piperidine rings is 1. The monoisotopic (exact) mass is 439 g/mol. The zero-order chi connectivity index (χ0) is 21.5. The molecule has 1 unspecified atom stereocenters. The van der Waals surface area contributed by atoms with Crippen molar-refractivity contribution in [3.8, 4) is 0 Å². The van der Waals surface area contributed by atoms with Crippen LogP contribution in [-0.4, -0.2) is 52.6 Å². The Balaban J connectivity index is 1.34. The van der Waals surface area contributed by atoms with Gasteiger partial charge in [0, 0.05) is 30.8 Å². The lowest BCUT2D eigenvalue weighted by molar-refractivity contribution is -0.136. The minimum atomic E-state index is -0.965. The first-order valence-corrected chi connectivity index (χ1v) is 11.1. The fraction of sp³-hybridized carbons (Fsp3) is 0.381. The van der Waals surface area contributed by atoms with Gasteiger partial charge in [-0.05, 0) is 31.0 Å². The van der Waals surface area contributed by atoms with Crippen LogP contribution >= 0.6 is 11.3 Å². The molecule has 9 nitrogen and oxygen atoms in total. The number of thiazole rings is 1. The van der Waals surface area contributed by atoms with Crippen LogP contribution in [0.5, 0.6) is 0 Å². The third kappa shape index (κ3) is 3.51. The first-order valence-electron chi connectivity index (χ1n) is 10.3. The molecule has 2 atom stereocenters. The van der Waals surface area contributed by atoms with Crippen molar-refractivity contribution in [2.24, 2.45) is 0 Å². The van der Waals surface area contributed by atoms with Gasteiger partial charge in [-0.25, -0.2) is 4.98 Å². The van der Waals surface area contributed by atoms with Crippen molar-refractivity contribution >= 4 is 40.1 Å². The summed E-state index contributed by atoms with van der Waals surface area (Å²) in [7, 11) is 0. The summed E-state index contributed by atoms with van der Waals surface area (Å²) in [5.74, 6) is -1.57. The number of carbonyl (C=O) groups is 4. The molecular weight excluding hydrogens is 418 g/mol. The number of nitrogens with zero attached hydrogens (tertiary/aromatic N) is 2. The second-order valence-electron chi connectivity index (χ2n) is 7.91. The molecule has 31 heavy (non-hydrogen) atoms. The second-order valence-corrected chi connectivity index (χ2v) is 8.77. The molecule has 2 saturated heterocycles. The lowest BCUT2D eigenvalue weighted by Crippen LogP contribution is -2.54. The molecule has 2 fully saturated rings. The van der Waals surface area contributed by atoms with E-state index in [9.17, 15) is 19.2 Å². The minimum Gasteiger partial charge on any atom is -0.357 e. The number of hydrogen-bond donors (Lipinski definition) is 3. The van der Waals surface area contributed by atoms with Crippen molar-refractivity contribution in [3.63, 3.8) is 0 Å². The van der Waals surface area contributed by atoms with Gasteiger partial charge < -0.3 is 10.6 Å². The largest absolute Gasteiger partial charge is 0.357 e. The van der Waals surface area contributed by atoms with Gasteiger partial charge >= 0.3 is 0 Å². The van der Waals surface area contributed by atoms with Crippen LogP contribution in [0.4, 0.5) is 5.13 Å². The summed E-state index contributed by atoms with van der Waals surface area (Å²) in [5, 5.41) is 11.6. The zero-order valence-corrected chi connectivity index (χ0v) is 17.5. The molecule has 5 rings (SSSR count). The van der Waals surface area contributed by atoms with Gasteiger partial charge in [0.05, 0.1) is 16.8 Å². The number of benzene rings is 1. The lowest BCUT2D eigenvalue weighted by Gasteiger charge is -2.27. The maximum atomic E-state index is 13.1. The number of imide groups is 2. The molecule has 10 heteroatoms. The van der Waals surface area contributed by atoms with Crippen molar-refractivity contribution in [1.82, 2.24) is 20.5 Å². The average molecular weight is 439 g/mol. The van der Waals surface area contributed by atoms with Crippen LogP contribution in [0, 0.1) is 0 Å². The molecular formula is C21H21N5O4S. The fourth-order valence-corrected chi connectivity index (χ4v) is 5.16. The molecule has 1 aromatic heterocycles. The number of hydrogen-bond acceptors (Lipinski definition) is 8. The number of aromatic nitrogens is 1. The Morgan fingerprint density at radius 2 is 2.03 bits per heavy atom. The van der Waals surface area contributed by atoms with Crippen molar-refractivity contribution in [3.05, 3.63) is 46.0 Å². The molecule has 3 aliphatic rings. The Labute approximate surface area is 182 Å². The smallest absolute Gasteiger partial charge is 0.262 e. The van der Waals surface area contributed by atoms with Crippen molar-refractivity contribution < 1.29 is 19.2 Å². The third-order valence-electron chi connectivity index (χ3n) is 5.99. The fourth-order valence-electron chi connectivity index (χ4n) is 4.37. The van der Waals surface area contributed by atoms with E-state index >= 15 is 0 Å². The van der Waals surface area contributed by atoms with Crippen molar-refractivity contribution in [1.29, 1.82) is 0 Å². The molecule has 160 valence electrons. The van der Waals surface area contributed by atoms with Crippen LogP contribution < -0.4 is 16.0 Å². The maximum absolute atomic E-state index is 13.1. The predicted molar refractivity (Wildman–Crippen MR) is 113 cm³/mol. The van der Waals surface area contributed by atoms with Crippen LogP contribution in [0.1, 0.15) is 57.2 Å². The van der Waals surface area contributed by atoms with E-state index in [2.05, 4.69) is 26.3 Å². The molecule has 2 aromatic rings. The lowest BCUT2D eigenvalue weighted by atomic mass is 10.0. The first kappa shape index (κ1) is 19.8. The quantitative estimate of drug-likeness (QED) is 0.600. The molecule has 4 heterocycles.